The van der Waals surface area contributed by atoms with Crippen LogP contribution in [-0.2, 0) is 6.42 Å². The first-order valence-corrected chi connectivity index (χ1v) is 12.7. The molecule has 0 bridgehead atoms. The van der Waals surface area contributed by atoms with Gasteiger partial charge in [-0.25, -0.2) is 0 Å². The molecule has 2 nitrogen and oxygen atoms in total. The Morgan fingerprint density at radius 1 is 0.812 bits per heavy atom. The normalized spacial score (nSPS) is 12.2. The molecule has 0 amide bonds. The van der Waals surface area contributed by atoms with Crippen molar-refractivity contribution >= 4 is 21.8 Å². The summed E-state index contributed by atoms with van der Waals surface area (Å²) in [5.74, 6) is 0.417. The van der Waals surface area contributed by atoms with Gasteiger partial charge < -0.3 is 10.1 Å². The van der Waals surface area contributed by atoms with Crippen molar-refractivity contribution in [3.05, 3.63) is 65.8 Å². The molecule has 0 fully saturated rings. The van der Waals surface area contributed by atoms with E-state index < -0.39 is 0 Å². The average Bonchev–Trinajstić information content (AvgIpc) is 3.16. The van der Waals surface area contributed by atoms with E-state index in [2.05, 4.69) is 60.5 Å². The highest BCUT2D eigenvalue weighted by Crippen LogP contribution is 2.35. The van der Waals surface area contributed by atoms with Crippen LogP contribution >= 0.6 is 0 Å². The van der Waals surface area contributed by atoms with Crippen LogP contribution in [0.25, 0.3) is 21.8 Å². The van der Waals surface area contributed by atoms with E-state index in [0.717, 1.165) is 29.3 Å². The smallest absolute Gasteiger partial charge is 0.119 e. The van der Waals surface area contributed by atoms with Crippen LogP contribution in [-0.4, -0.2) is 10.1 Å². The van der Waals surface area contributed by atoms with Crippen LogP contribution in [0.4, 0.5) is 0 Å². The highest BCUT2D eigenvalue weighted by Gasteiger charge is 2.13. The average molecular weight is 432 g/mol. The van der Waals surface area contributed by atoms with Crippen molar-refractivity contribution in [2.45, 2.75) is 90.9 Å². The Morgan fingerprint density at radius 2 is 1.50 bits per heavy atom. The topological polar surface area (TPSA) is 36.0 Å². The van der Waals surface area contributed by atoms with E-state index in [4.69, 9.17) is 0 Å². The highest BCUT2D eigenvalue weighted by atomic mass is 16.3. The number of unbranched alkanes of at least 4 members (excludes halogenated alkanes) is 8. The number of aryl methyl sites for hydroxylation is 1. The fraction of sp³-hybridized carbons (Fsp3) is 0.467. The molecular formula is C30H41NO. The van der Waals surface area contributed by atoms with E-state index in [1.165, 1.54) is 80.7 Å². The lowest BCUT2D eigenvalue weighted by Crippen LogP contribution is -1.93. The molecule has 1 heterocycles. The van der Waals surface area contributed by atoms with Crippen molar-refractivity contribution in [2.24, 2.45) is 0 Å². The summed E-state index contributed by atoms with van der Waals surface area (Å²) in [6.45, 7) is 4.30. The molecule has 3 rings (SSSR count). The second-order valence-corrected chi connectivity index (χ2v) is 9.07. The number of H-pyrrole nitrogens is 1. The molecule has 0 unspecified atom stereocenters. The molecule has 172 valence electrons. The molecule has 2 N–H and O–H groups in total. The second-order valence-electron chi connectivity index (χ2n) is 9.07. The zero-order chi connectivity index (χ0) is 22.6. The van der Waals surface area contributed by atoms with Gasteiger partial charge in [0.1, 0.15) is 5.75 Å². The van der Waals surface area contributed by atoms with Gasteiger partial charge in [0.05, 0.1) is 5.52 Å². The molecule has 1 aromatic heterocycles. The zero-order valence-corrected chi connectivity index (χ0v) is 20.1. The van der Waals surface area contributed by atoms with Crippen molar-refractivity contribution in [1.29, 1.82) is 0 Å². The third-order valence-electron chi connectivity index (χ3n) is 6.54. The van der Waals surface area contributed by atoms with Gasteiger partial charge in [0.2, 0.25) is 0 Å². The van der Waals surface area contributed by atoms with Gasteiger partial charge >= 0.3 is 0 Å². The molecule has 0 atom stereocenters. The summed E-state index contributed by atoms with van der Waals surface area (Å²) in [4.78, 5) is 3.59. The van der Waals surface area contributed by atoms with Gasteiger partial charge in [-0.2, -0.15) is 0 Å². The third kappa shape index (κ3) is 6.76. The number of phenolic OH excluding ortho intramolecular Hbond substituents is 1. The van der Waals surface area contributed by atoms with E-state index in [1.54, 1.807) is 0 Å². The quantitative estimate of drug-likeness (QED) is 0.193. The first-order chi connectivity index (χ1) is 15.7. The molecular weight excluding hydrogens is 390 g/mol. The number of phenols is 1. The second kappa shape index (κ2) is 13.2. The van der Waals surface area contributed by atoms with Crippen molar-refractivity contribution in [3.63, 3.8) is 0 Å². The molecule has 0 aliphatic rings. The first kappa shape index (κ1) is 24.2. The Labute approximate surface area is 194 Å². The van der Waals surface area contributed by atoms with Crippen molar-refractivity contribution < 1.29 is 5.11 Å². The van der Waals surface area contributed by atoms with Gasteiger partial charge in [-0.3, -0.25) is 0 Å². The van der Waals surface area contributed by atoms with Gasteiger partial charge in [0.25, 0.3) is 0 Å². The first-order valence-electron chi connectivity index (χ1n) is 12.7. The fourth-order valence-electron chi connectivity index (χ4n) is 4.56. The van der Waals surface area contributed by atoms with Gasteiger partial charge in [-0.05, 0) is 75.1 Å². The number of rotatable bonds is 14. The maximum Gasteiger partial charge on any atom is 0.119 e. The van der Waals surface area contributed by atoms with Gasteiger partial charge in [-0.15, -0.1) is 0 Å². The van der Waals surface area contributed by atoms with Crippen molar-refractivity contribution in [2.75, 3.05) is 0 Å². The minimum absolute atomic E-state index is 0.417. The number of benzene rings is 2. The Balaban J connectivity index is 1.37. The number of hydrogen-bond acceptors (Lipinski definition) is 1. The summed E-state index contributed by atoms with van der Waals surface area (Å²) in [5.41, 5.74) is 4.65. The minimum Gasteiger partial charge on any atom is -0.508 e. The molecule has 0 saturated heterocycles. The third-order valence-corrected chi connectivity index (χ3v) is 6.54. The predicted molar refractivity (Wildman–Crippen MR) is 141 cm³/mol. The number of nitrogens with one attached hydrogen (secondary N) is 1. The van der Waals surface area contributed by atoms with Gasteiger partial charge in [-0.1, -0.05) is 81.5 Å². The zero-order valence-electron chi connectivity index (χ0n) is 20.1. The highest BCUT2D eigenvalue weighted by molar-refractivity contribution is 6.09. The van der Waals surface area contributed by atoms with Crippen LogP contribution in [0.5, 0.6) is 5.75 Å². The number of aromatic amines is 1. The summed E-state index contributed by atoms with van der Waals surface area (Å²) >= 11 is 0. The Morgan fingerprint density at radius 3 is 2.28 bits per heavy atom. The Bertz CT molecular complexity index is 1020. The Hall–Kier alpha value is -2.48. The lowest BCUT2D eigenvalue weighted by atomic mass is 9.97. The van der Waals surface area contributed by atoms with E-state index in [9.17, 15) is 5.11 Å². The standard InChI is InChI=1S/C30H41NO/c1-3-4-5-6-7-8-9-10-11-12-13-14-15-16-17-20-25-24(2)29(32)23-27-26-21-18-19-22-28(26)31-30(25)27/h7-8,10-11,18-19,21-23,31-32H,3-6,9,12-17,20H2,1-2H3/b8-7-,11-10-. The summed E-state index contributed by atoms with van der Waals surface area (Å²) < 4.78 is 0. The molecule has 32 heavy (non-hydrogen) atoms. The van der Waals surface area contributed by atoms with E-state index >= 15 is 0 Å². The summed E-state index contributed by atoms with van der Waals surface area (Å²) in [7, 11) is 0. The maximum absolute atomic E-state index is 10.5. The number of hydrogen-bond donors (Lipinski definition) is 2. The lowest BCUT2D eigenvalue weighted by Gasteiger charge is -2.10. The van der Waals surface area contributed by atoms with E-state index in [-0.39, 0.29) is 0 Å². The van der Waals surface area contributed by atoms with Crippen LogP contribution in [0.15, 0.2) is 54.6 Å². The molecule has 0 aliphatic carbocycles. The molecule has 0 radical (unpaired) electrons. The molecule has 0 spiro atoms. The van der Waals surface area contributed by atoms with Gasteiger partial charge in [0.15, 0.2) is 0 Å². The maximum atomic E-state index is 10.5. The molecule has 2 heteroatoms. The number of allylic oxidation sites excluding steroid dienone is 4. The van der Waals surface area contributed by atoms with Crippen LogP contribution in [0.1, 0.15) is 88.7 Å². The van der Waals surface area contributed by atoms with Crippen LogP contribution in [0.3, 0.4) is 0 Å². The van der Waals surface area contributed by atoms with Crippen LogP contribution in [0.2, 0.25) is 0 Å². The largest absolute Gasteiger partial charge is 0.508 e. The van der Waals surface area contributed by atoms with E-state index in [1.807, 2.05) is 13.0 Å². The molecule has 0 saturated carbocycles. The number of fused-ring (bicyclic) bond motifs is 3. The van der Waals surface area contributed by atoms with Crippen LogP contribution in [0, 0.1) is 6.92 Å². The minimum atomic E-state index is 0.417. The van der Waals surface area contributed by atoms with Crippen molar-refractivity contribution in [3.8, 4) is 5.75 Å². The van der Waals surface area contributed by atoms with Gasteiger partial charge in [0, 0.05) is 16.3 Å². The Kier molecular flexibility index (Phi) is 9.94. The molecule has 2 aromatic carbocycles. The van der Waals surface area contributed by atoms with Crippen molar-refractivity contribution in [1.82, 2.24) is 4.98 Å². The fourth-order valence-corrected chi connectivity index (χ4v) is 4.56. The lowest BCUT2D eigenvalue weighted by molar-refractivity contribution is 0.471. The number of para-hydroxylation sites is 1. The number of aromatic hydroxyl groups is 1. The monoisotopic (exact) mass is 431 g/mol. The summed E-state index contributed by atoms with van der Waals surface area (Å²) in [5, 5.41) is 12.8. The summed E-state index contributed by atoms with van der Waals surface area (Å²) in [6.07, 6.45) is 24.1. The molecule has 0 aliphatic heterocycles. The van der Waals surface area contributed by atoms with Crippen LogP contribution < -0.4 is 0 Å². The molecule has 3 aromatic rings. The number of aromatic nitrogens is 1. The summed E-state index contributed by atoms with van der Waals surface area (Å²) in [6, 6.07) is 10.3. The SMILES string of the molecule is CCCCC/C=C\C/C=C\CCCCCCCc1c(C)c(O)cc2c1[nH]c1ccccc12. The predicted octanol–water partition coefficient (Wildman–Crippen LogP) is 9.30. The van der Waals surface area contributed by atoms with E-state index in [0.29, 0.717) is 5.75 Å².